The Morgan fingerprint density at radius 3 is 1.97 bits per heavy atom. The number of non-ortho nitro benzene ring substituents is 1. The molecule has 0 spiro atoms. The predicted molar refractivity (Wildman–Crippen MR) is 111 cm³/mol. The van der Waals surface area contributed by atoms with Crippen molar-refractivity contribution >= 4 is 23.5 Å². The summed E-state index contributed by atoms with van der Waals surface area (Å²) in [6, 6.07) is 18.5. The van der Waals surface area contributed by atoms with E-state index in [1.54, 1.807) is 37.5 Å². The van der Waals surface area contributed by atoms with Gasteiger partial charge >= 0.3 is 5.97 Å². The molecule has 30 heavy (non-hydrogen) atoms. The lowest BCUT2D eigenvalue weighted by atomic mass is 10.1. The molecule has 0 aliphatic carbocycles. The van der Waals surface area contributed by atoms with Gasteiger partial charge in [0.05, 0.1) is 17.6 Å². The number of methoxy groups -OCH3 is 1. The number of benzene rings is 3. The first-order valence-corrected chi connectivity index (χ1v) is 8.89. The summed E-state index contributed by atoms with van der Waals surface area (Å²) in [5.41, 5.74) is 1.37. The van der Waals surface area contributed by atoms with Crippen LogP contribution in [0.2, 0.25) is 0 Å². The van der Waals surface area contributed by atoms with Crippen LogP contribution in [-0.4, -0.2) is 23.8 Å². The third-order valence-corrected chi connectivity index (χ3v) is 4.21. The van der Waals surface area contributed by atoms with Crippen LogP contribution in [0.4, 0.5) is 5.69 Å². The maximum Gasteiger partial charge on any atom is 0.343 e. The van der Waals surface area contributed by atoms with Crippen molar-refractivity contribution in [1.82, 2.24) is 0 Å². The highest BCUT2D eigenvalue weighted by Crippen LogP contribution is 2.18. The van der Waals surface area contributed by atoms with Gasteiger partial charge in [0, 0.05) is 17.7 Å². The van der Waals surface area contributed by atoms with E-state index in [1.165, 1.54) is 42.5 Å². The van der Waals surface area contributed by atoms with Gasteiger partial charge in [-0.3, -0.25) is 14.9 Å². The fourth-order valence-electron chi connectivity index (χ4n) is 2.56. The molecule has 0 aromatic heterocycles. The first kappa shape index (κ1) is 20.5. The molecule has 0 radical (unpaired) electrons. The minimum Gasteiger partial charge on any atom is -0.497 e. The number of nitrogens with zero attached hydrogens (tertiary/aromatic N) is 1. The van der Waals surface area contributed by atoms with Gasteiger partial charge in [-0.2, -0.15) is 0 Å². The molecule has 7 heteroatoms. The van der Waals surface area contributed by atoms with Gasteiger partial charge < -0.3 is 9.47 Å². The number of allylic oxidation sites excluding steroid dienone is 1. The summed E-state index contributed by atoms with van der Waals surface area (Å²) in [5.74, 6) is 0.147. The molecular weight excluding hydrogens is 386 g/mol. The van der Waals surface area contributed by atoms with E-state index in [9.17, 15) is 19.7 Å². The molecule has 0 aliphatic heterocycles. The van der Waals surface area contributed by atoms with Gasteiger partial charge in [-0.1, -0.05) is 18.2 Å². The zero-order valence-electron chi connectivity index (χ0n) is 16.0. The lowest BCUT2D eigenvalue weighted by molar-refractivity contribution is -0.384. The minimum absolute atomic E-state index is 0.114. The maximum atomic E-state index is 12.3. The van der Waals surface area contributed by atoms with Gasteiger partial charge in [-0.15, -0.1) is 0 Å². The number of nitro benzene ring substituents is 1. The SMILES string of the molecule is COc1ccc(/C=C/C(=O)c2ccc(OC(=O)c3ccc([N+](=O)[O-])cc3)cc2)cc1. The standard InChI is InChI=1S/C23H17NO6/c1-29-20-11-2-16(3-12-20)4-15-22(25)17-7-13-21(14-8-17)30-23(26)18-5-9-19(10-6-18)24(27)28/h2-15H,1H3/b15-4+. The number of hydrogen-bond acceptors (Lipinski definition) is 6. The van der Waals surface area contributed by atoms with E-state index in [4.69, 9.17) is 9.47 Å². The van der Waals surface area contributed by atoms with Crippen LogP contribution in [-0.2, 0) is 0 Å². The molecule has 0 atom stereocenters. The van der Waals surface area contributed by atoms with Crippen molar-refractivity contribution in [2.24, 2.45) is 0 Å². The van der Waals surface area contributed by atoms with E-state index in [-0.39, 0.29) is 22.8 Å². The number of rotatable bonds is 7. The van der Waals surface area contributed by atoms with Crippen molar-refractivity contribution in [2.75, 3.05) is 7.11 Å². The summed E-state index contributed by atoms with van der Waals surface area (Å²) >= 11 is 0. The molecule has 0 fully saturated rings. The van der Waals surface area contributed by atoms with E-state index in [1.807, 2.05) is 12.1 Å². The predicted octanol–water partition coefficient (Wildman–Crippen LogP) is 4.72. The van der Waals surface area contributed by atoms with Crippen molar-refractivity contribution in [2.45, 2.75) is 0 Å². The zero-order valence-corrected chi connectivity index (χ0v) is 16.0. The second-order valence-corrected chi connectivity index (χ2v) is 6.19. The Hall–Kier alpha value is -4.26. The van der Waals surface area contributed by atoms with Crippen molar-refractivity contribution in [3.63, 3.8) is 0 Å². The number of carbonyl (C=O) groups is 2. The van der Waals surface area contributed by atoms with E-state index in [0.29, 0.717) is 5.56 Å². The summed E-state index contributed by atoms with van der Waals surface area (Å²) in [4.78, 5) is 34.6. The van der Waals surface area contributed by atoms with Gasteiger partial charge in [-0.05, 0) is 60.2 Å². The number of nitro groups is 1. The number of hydrogen-bond donors (Lipinski definition) is 0. The van der Waals surface area contributed by atoms with Crippen LogP contribution in [0.1, 0.15) is 26.3 Å². The van der Waals surface area contributed by atoms with E-state index < -0.39 is 10.9 Å². The number of carbonyl (C=O) groups excluding carboxylic acids is 2. The highest BCUT2D eigenvalue weighted by atomic mass is 16.6. The Bertz CT molecular complexity index is 1080. The third-order valence-electron chi connectivity index (χ3n) is 4.21. The third kappa shape index (κ3) is 5.17. The molecule has 7 nitrogen and oxygen atoms in total. The topological polar surface area (TPSA) is 95.7 Å². The van der Waals surface area contributed by atoms with Crippen LogP contribution in [0, 0.1) is 10.1 Å². The van der Waals surface area contributed by atoms with E-state index in [2.05, 4.69) is 0 Å². The van der Waals surface area contributed by atoms with Crippen molar-refractivity contribution in [3.05, 3.63) is 106 Å². The summed E-state index contributed by atoms with van der Waals surface area (Å²) < 4.78 is 10.3. The van der Waals surface area contributed by atoms with Crippen molar-refractivity contribution in [3.8, 4) is 11.5 Å². The normalized spacial score (nSPS) is 10.6. The summed E-state index contributed by atoms with van der Waals surface area (Å²) in [5, 5.41) is 10.7. The van der Waals surface area contributed by atoms with Gasteiger partial charge in [-0.25, -0.2) is 4.79 Å². The Labute approximate surface area is 172 Å². The van der Waals surface area contributed by atoms with E-state index >= 15 is 0 Å². The lowest BCUT2D eigenvalue weighted by Crippen LogP contribution is -2.08. The number of esters is 1. The average Bonchev–Trinajstić information content (AvgIpc) is 2.78. The number of ether oxygens (including phenoxy) is 2. The molecule has 150 valence electrons. The summed E-state index contributed by atoms with van der Waals surface area (Å²) in [7, 11) is 1.58. The second-order valence-electron chi connectivity index (χ2n) is 6.19. The fourth-order valence-corrected chi connectivity index (χ4v) is 2.56. The average molecular weight is 403 g/mol. The second kappa shape index (κ2) is 9.29. The minimum atomic E-state index is -0.650. The molecular formula is C23H17NO6. The van der Waals surface area contributed by atoms with Gasteiger partial charge in [0.25, 0.3) is 5.69 Å². The molecule has 0 bridgehead atoms. The Morgan fingerprint density at radius 2 is 1.40 bits per heavy atom. The Kier molecular flexibility index (Phi) is 6.34. The lowest BCUT2D eigenvalue weighted by Gasteiger charge is -2.05. The molecule has 0 saturated heterocycles. The maximum absolute atomic E-state index is 12.3. The highest BCUT2D eigenvalue weighted by Gasteiger charge is 2.12. The van der Waals surface area contributed by atoms with Crippen LogP contribution >= 0.6 is 0 Å². The summed E-state index contributed by atoms with van der Waals surface area (Å²) in [6.45, 7) is 0. The quantitative estimate of drug-likeness (QED) is 0.141. The molecule has 0 saturated carbocycles. The molecule has 3 aromatic carbocycles. The van der Waals surface area contributed by atoms with Crippen molar-refractivity contribution in [1.29, 1.82) is 0 Å². The zero-order chi connectivity index (χ0) is 21.5. The van der Waals surface area contributed by atoms with Crippen LogP contribution in [0.25, 0.3) is 6.08 Å². The van der Waals surface area contributed by atoms with Crippen LogP contribution in [0.3, 0.4) is 0 Å². The Morgan fingerprint density at radius 1 is 0.833 bits per heavy atom. The molecule has 0 amide bonds. The first-order valence-electron chi connectivity index (χ1n) is 8.89. The Balaban J connectivity index is 1.62. The molecule has 0 heterocycles. The highest BCUT2D eigenvalue weighted by molar-refractivity contribution is 6.06. The molecule has 0 aliphatic rings. The first-order chi connectivity index (χ1) is 14.5. The molecule has 0 unspecified atom stereocenters. The van der Waals surface area contributed by atoms with Gasteiger partial charge in [0.2, 0.25) is 0 Å². The molecule has 3 rings (SSSR count). The largest absolute Gasteiger partial charge is 0.497 e. The van der Waals surface area contributed by atoms with Crippen molar-refractivity contribution < 1.29 is 24.0 Å². The smallest absolute Gasteiger partial charge is 0.343 e. The van der Waals surface area contributed by atoms with E-state index in [0.717, 1.165) is 11.3 Å². The fraction of sp³-hybridized carbons (Fsp3) is 0.0435. The monoisotopic (exact) mass is 403 g/mol. The van der Waals surface area contributed by atoms with Crippen LogP contribution in [0.5, 0.6) is 11.5 Å². The summed E-state index contributed by atoms with van der Waals surface area (Å²) in [6.07, 6.45) is 3.16. The molecule has 3 aromatic rings. The van der Waals surface area contributed by atoms with Gasteiger partial charge in [0.15, 0.2) is 5.78 Å². The number of ketones is 1. The van der Waals surface area contributed by atoms with Crippen LogP contribution in [0.15, 0.2) is 78.9 Å². The molecule has 0 N–H and O–H groups in total. The van der Waals surface area contributed by atoms with Gasteiger partial charge in [0.1, 0.15) is 11.5 Å². The van der Waals surface area contributed by atoms with Crippen LogP contribution < -0.4 is 9.47 Å².